The van der Waals surface area contributed by atoms with Crippen LogP contribution < -0.4 is 10.5 Å². The van der Waals surface area contributed by atoms with Crippen LogP contribution >= 0.6 is 11.5 Å². The monoisotopic (exact) mass is 199 g/mol. The summed E-state index contributed by atoms with van der Waals surface area (Å²) in [5.41, 5.74) is 5.89. The summed E-state index contributed by atoms with van der Waals surface area (Å²) in [7, 11) is 1.60. The van der Waals surface area contributed by atoms with Gasteiger partial charge in [0.2, 0.25) is 0 Å². The van der Waals surface area contributed by atoms with Gasteiger partial charge in [-0.2, -0.15) is 9.36 Å². The van der Waals surface area contributed by atoms with Crippen LogP contribution in [0.25, 0.3) is 0 Å². The van der Waals surface area contributed by atoms with Crippen molar-refractivity contribution in [3.63, 3.8) is 0 Å². The zero-order valence-electron chi connectivity index (χ0n) is 7.62. The molecule has 1 aromatic rings. The molecule has 2 N–H and O–H groups in total. The molecule has 0 saturated heterocycles. The molecule has 0 amide bonds. The second-order valence-electron chi connectivity index (χ2n) is 3.45. The number of ether oxygens (including phenoxy) is 1. The topological polar surface area (TPSA) is 61.0 Å². The van der Waals surface area contributed by atoms with Crippen molar-refractivity contribution in [2.75, 3.05) is 7.11 Å². The zero-order valence-corrected chi connectivity index (χ0v) is 8.43. The first kappa shape index (κ1) is 8.90. The highest BCUT2D eigenvalue weighted by molar-refractivity contribution is 7.07. The Hall–Kier alpha value is -0.680. The molecule has 1 saturated carbocycles. The third-order valence-electron chi connectivity index (χ3n) is 2.52. The van der Waals surface area contributed by atoms with Gasteiger partial charge in [0.25, 0.3) is 5.19 Å². The van der Waals surface area contributed by atoms with E-state index in [-0.39, 0.29) is 5.54 Å². The first-order chi connectivity index (χ1) is 6.24. The Labute approximate surface area is 81.3 Å². The Morgan fingerprint density at radius 2 is 2.15 bits per heavy atom. The highest BCUT2D eigenvalue weighted by Crippen LogP contribution is 2.35. The fraction of sp³-hybridized carbons (Fsp3) is 0.750. The number of hydrogen-bond donors (Lipinski definition) is 1. The van der Waals surface area contributed by atoms with E-state index in [1.54, 1.807) is 7.11 Å². The SMILES string of the molecule is COc1nc(C2(N)CCCC2)ns1. The van der Waals surface area contributed by atoms with Crippen LogP contribution in [0.3, 0.4) is 0 Å². The standard InChI is InChI=1S/C8H13N3OS/c1-12-7-10-6(11-13-7)8(9)4-2-3-5-8/h2-5,9H2,1H3. The lowest BCUT2D eigenvalue weighted by molar-refractivity contribution is 0.395. The number of nitrogens with zero attached hydrogens (tertiary/aromatic N) is 2. The summed E-state index contributed by atoms with van der Waals surface area (Å²) in [6, 6.07) is 0. The Kier molecular flexibility index (Phi) is 2.21. The van der Waals surface area contributed by atoms with Crippen LogP contribution in [-0.2, 0) is 5.54 Å². The molecule has 1 aliphatic carbocycles. The van der Waals surface area contributed by atoms with Crippen LogP contribution in [0.4, 0.5) is 0 Å². The van der Waals surface area contributed by atoms with E-state index in [9.17, 15) is 0 Å². The van der Waals surface area contributed by atoms with Crippen molar-refractivity contribution < 1.29 is 4.74 Å². The third-order valence-corrected chi connectivity index (χ3v) is 3.20. The van der Waals surface area contributed by atoms with E-state index >= 15 is 0 Å². The Balaban J connectivity index is 2.23. The molecule has 1 fully saturated rings. The zero-order chi connectivity index (χ0) is 9.31. The Bertz CT molecular complexity index is 293. The van der Waals surface area contributed by atoms with E-state index in [2.05, 4.69) is 9.36 Å². The minimum Gasteiger partial charge on any atom is -0.472 e. The highest BCUT2D eigenvalue weighted by atomic mass is 32.1. The van der Waals surface area contributed by atoms with Gasteiger partial charge in [-0.3, -0.25) is 0 Å². The summed E-state index contributed by atoms with van der Waals surface area (Å²) in [6.45, 7) is 0. The largest absolute Gasteiger partial charge is 0.472 e. The van der Waals surface area contributed by atoms with Crippen molar-refractivity contribution >= 4 is 11.5 Å². The molecule has 4 nitrogen and oxygen atoms in total. The predicted molar refractivity (Wildman–Crippen MR) is 50.8 cm³/mol. The van der Waals surface area contributed by atoms with Gasteiger partial charge in [-0.05, 0) is 12.8 Å². The van der Waals surface area contributed by atoms with Crippen molar-refractivity contribution in [3.8, 4) is 5.19 Å². The van der Waals surface area contributed by atoms with Gasteiger partial charge in [0, 0.05) is 11.5 Å². The summed E-state index contributed by atoms with van der Waals surface area (Å²) < 4.78 is 9.21. The first-order valence-electron chi connectivity index (χ1n) is 4.42. The average Bonchev–Trinajstić information content (AvgIpc) is 2.72. The van der Waals surface area contributed by atoms with Gasteiger partial charge in [-0.25, -0.2) is 0 Å². The Morgan fingerprint density at radius 3 is 2.69 bits per heavy atom. The lowest BCUT2D eigenvalue weighted by atomic mass is 9.99. The molecule has 0 radical (unpaired) electrons. The summed E-state index contributed by atoms with van der Waals surface area (Å²) in [4.78, 5) is 4.24. The average molecular weight is 199 g/mol. The van der Waals surface area contributed by atoms with Crippen LogP contribution in [0.2, 0.25) is 0 Å². The molecule has 72 valence electrons. The second-order valence-corrected chi connectivity index (χ2v) is 4.17. The van der Waals surface area contributed by atoms with Crippen LogP contribution in [0.5, 0.6) is 5.19 Å². The van der Waals surface area contributed by atoms with E-state index < -0.39 is 0 Å². The summed E-state index contributed by atoms with van der Waals surface area (Å²) in [5, 5.41) is 0.603. The number of methoxy groups -OCH3 is 1. The molecule has 13 heavy (non-hydrogen) atoms. The molecule has 1 aliphatic rings. The van der Waals surface area contributed by atoms with E-state index in [0.29, 0.717) is 5.19 Å². The van der Waals surface area contributed by atoms with E-state index in [1.165, 1.54) is 24.4 Å². The normalized spacial score (nSPS) is 20.5. The van der Waals surface area contributed by atoms with Crippen molar-refractivity contribution in [2.45, 2.75) is 31.2 Å². The minimum absolute atomic E-state index is 0.284. The second kappa shape index (κ2) is 3.23. The molecular formula is C8H13N3OS. The van der Waals surface area contributed by atoms with Crippen LogP contribution in [0.15, 0.2) is 0 Å². The maximum absolute atomic E-state index is 6.17. The fourth-order valence-corrected chi connectivity index (χ4v) is 2.31. The molecule has 1 heterocycles. The Morgan fingerprint density at radius 1 is 1.46 bits per heavy atom. The van der Waals surface area contributed by atoms with Gasteiger partial charge in [0.05, 0.1) is 12.6 Å². The molecule has 0 aliphatic heterocycles. The highest BCUT2D eigenvalue weighted by Gasteiger charge is 2.35. The number of hydrogen-bond acceptors (Lipinski definition) is 5. The van der Waals surface area contributed by atoms with Crippen LogP contribution in [0, 0.1) is 0 Å². The van der Waals surface area contributed by atoms with Crippen molar-refractivity contribution in [3.05, 3.63) is 5.82 Å². The number of nitrogens with two attached hydrogens (primary N) is 1. The van der Waals surface area contributed by atoms with E-state index in [4.69, 9.17) is 10.5 Å². The molecule has 0 atom stereocenters. The van der Waals surface area contributed by atoms with Gasteiger partial charge in [-0.15, -0.1) is 0 Å². The molecule has 0 bridgehead atoms. The minimum atomic E-state index is -0.284. The molecule has 0 unspecified atom stereocenters. The number of aromatic nitrogens is 2. The van der Waals surface area contributed by atoms with Crippen LogP contribution in [-0.4, -0.2) is 16.5 Å². The van der Waals surface area contributed by atoms with E-state index in [0.717, 1.165) is 18.7 Å². The smallest absolute Gasteiger partial charge is 0.292 e. The van der Waals surface area contributed by atoms with Gasteiger partial charge < -0.3 is 10.5 Å². The maximum atomic E-state index is 6.17. The summed E-state index contributed by atoms with van der Waals surface area (Å²) in [5.74, 6) is 0.756. The van der Waals surface area contributed by atoms with Crippen molar-refractivity contribution in [2.24, 2.45) is 5.73 Å². The van der Waals surface area contributed by atoms with E-state index in [1.807, 2.05) is 0 Å². The fourth-order valence-electron chi connectivity index (χ4n) is 1.72. The third kappa shape index (κ3) is 1.53. The molecule has 2 rings (SSSR count). The van der Waals surface area contributed by atoms with Crippen molar-refractivity contribution in [1.29, 1.82) is 0 Å². The first-order valence-corrected chi connectivity index (χ1v) is 5.19. The molecule has 0 aromatic carbocycles. The lowest BCUT2D eigenvalue weighted by Gasteiger charge is -2.18. The maximum Gasteiger partial charge on any atom is 0.292 e. The van der Waals surface area contributed by atoms with Gasteiger partial charge in [0.15, 0.2) is 5.82 Å². The van der Waals surface area contributed by atoms with Gasteiger partial charge in [0.1, 0.15) is 0 Å². The molecular weight excluding hydrogens is 186 g/mol. The van der Waals surface area contributed by atoms with Gasteiger partial charge >= 0.3 is 0 Å². The summed E-state index contributed by atoms with van der Waals surface area (Å²) in [6.07, 6.45) is 4.34. The van der Waals surface area contributed by atoms with Gasteiger partial charge in [-0.1, -0.05) is 12.8 Å². The quantitative estimate of drug-likeness (QED) is 0.779. The molecule has 5 heteroatoms. The predicted octanol–water partition coefficient (Wildman–Crippen LogP) is 1.27. The van der Waals surface area contributed by atoms with Crippen LogP contribution in [0.1, 0.15) is 31.5 Å². The lowest BCUT2D eigenvalue weighted by Crippen LogP contribution is -2.34. The summed E-state index contributed by atoms with van der Waals surface area (Å²) >= 11 is 1.27. The molecule has 1 aromatic heterocycles. The molecule has 0 spiro atoms. The van der Waals surface area contributed by atoms with Crippen molar-refractivity contribution in [1.82, 2.24) is 9.36 Å². The number of rotatable bonds is 2.